The molecule has 2 aromatic heterocycles. The Bertz CT molecular complexity index is 643. The van der Waals surface area contributed by atoms with Gasteiger partial charge < -0.3 is 21.6 Å². The van der Waals surface area contributed by atoms with Crippen molar-refractivity contribution < 1.29 is 4.74 Å². The molecule has 0 aliphatic carbocycles. The summed E-state index contributed by atoms with van der Waals surface area (Å²) >= 11 is 0. The van der Waals surface area contributed by atoms with Crippen molar-refractivity contribution in [2.45, 2.75) is 20.0 Å². The second-order valence-corrected chi connectivity index (χ2v) is 4.26. The molecule has 0 aromatic carbocycles. The first-order valence-electron chi connectivity index (χ1n) is 6.04. The fraction of sp³-hybridized carbons (Fsp3) is 0.231. The average Bonchev–Trinajstić information content (AvgIpc) is 2.38. The van der Waals surface area contributed by atoms with Crippen molar-refractivity contribution in [1.29, 1.82) is 5.41 Å². The lowest BCUT2D eigenvalue weighted by Gasteiger charge is -2.17. The molecule has 0 aliphatic heterocycles. The highest BCUT2D eigenvalue weighted by Crippen LogP contribution is 2.26. The monoisotopic (exact) mass is 272 g/mol. The van der Waals surface area contributed by atoms with E-state index in [1.807, 2.05) is 13.0 Å². The predicted octanol–water partition coefficient (Wildman–Crippen LogP) is 1.48. The van der Waals surface area contributed by atoms with Crippen LogP contribution in [0.3, 0.4) is 0 Å². The summed E-state index contributed by atoms with van der Waals surface area (Å²) in [6, 6.07) is 3.61. The summed E-state index contributed by atoms with van der Waals surface area (Å²) < 4.78 is 5.76. The van der Waals surface area contributed by atoms with Gasteiger partial charge in [0.25, 0.3) is 0 Å². The first-order valence-corrected chi connectivity index (χ1v) is 6.04. The van der Waals surface area contributed by atoms with Crippen LogP contribution in [-0.4, -0.2) is 21.2 Å². The minimum Gasteiger partial charge on any atom is -0.469 e. The van der Waals surface area contributed by atoms with Gasteiger partial charge in [0.05, 0.1) is 5.56 Å². The SMILES string of the molecule is Cc1nc(N)c(C=N)c(OC(C)c2cccnc2N)n1. The highest BCUT2D eigenvalue weighted by molar-refractivity contribution is 5.86. The Labute approximate surface area is 116 Å². The van der Waals surface area contributed by atoms with Gasteiger partial charge in [-0.05, 0) is 19.9 Å². The first kappa shape index (κ1) is 13.7. The summed E-state index contributed by atoms with van der Waals surface area (Å²) in [5.41, 5.74) is 12.7. The molecule has 0 aliphatic rings. The molecule has 5 N–H and O–H groups in total. The van der Waals surface area contributed by atoms with Gasteiger partial charge in [0.15, 0.2) is 0 Å². The van der Waals surface area contributed by atoms with Crippen LogP contribution in [0.15, 0.2) is 18.3 Å². The topological polar surface area (TPSA) is 124 Å². The lowest BCUT2D eigenvalue weighted by Crippen LogP contribution is -2.12. The summed E-state index contributed by atoms with van der Waals surface area (Å²) in [7, 11) is 0. The average molecular weight is 272 g/mol. The molecule has 0 fully saturated rings. The molecule has 0 saturated heterocycles. The van der Waals surface area contributed by atoms with Crippen LogP contribution in [0, 0.1) is 12.3 Å². The molecule has 1 atom stereocenters. The normalized spacial score (nSPS) is 11.9. The second kappa shape index (κ2) is 5.52. The quantitative estimate of drug-likeness (QED) is 0.724. The van der Waals surface area contributed by atoms with E-state index in [0.717, 1.165) is 11.8 Å². The lowest BCUT2D eigenvalue weighted by atomic mass is 10.1. The predicted molar refractivity (Wildman–Crippen MR) is 76.8 cm³/mol. The summed E-state index contributed by atoms with van der Waals surface area (Å²) in [6.45, 7) is 3.54. The number of aromatic nitrogens is 3. The van der Waals surface area contributed by atoms with Crippen LogP contribution in [0.1, 0.15) is 30.0 Å². The molecule has 1 unspecified atom stereocenters. The van der Waals surface area contributed by atoms with Crippen LogP contribution >= 0.6 is 0 Å². The number of nitrogen functional groups attached to an aromatic ring is 2. The summed E-state index contributed by atoms with van der Waals surface area (Å²) in [4.78, 5) is 12.2. The fourth-order valence-corrected chi connectivity index (χ4v) is 1.81. The van der Waals surface area contributed by atoms with Crippen molar-refractivity contribution >= 4 is 17.9 Å². The molecule has 0 amide bonds. The lowest BCUT2D eigenvalue weighted by molar-refractivity contribution is 0.217. The maximum Gasteiger partial charge on any atom is 0.228 e. The van der Waals surface area contributed by atoms with Gasteiger partial charge in [-0.1, -0.05) is 6.07 Å². The van der Waals surface area contributed by atoms with Gasteiger partial charge >= 0.3 is 0 Å². The molecule has 2 heterocycles. The van der Waals surface area contributed by atoms with E-state index in [4.69, 9.17) is 21.6 Å². The number of hydrogen-bond acceptors (Lipinski definition) is 7. The van der Waals surface area contributed by atoms with Crippen molar-refractivity contribution in [1.82, 2.24) is 15.0 Å². The molecule has 0 bridgehead atoms. The van der Waals surface area contributed by atoms with Crippen molar-refractivity contribution in [3.8, 4) is 5.88 Å². The molecule has 104 valence electrons. The third-order valence-corrected chi connectivity index (χ3v) is 2.79. The van der Waals surface area contributed by atoms with Crippen LogP contribution in [-0.2, 0) is 0 Å². The Hall–Kier alpha value is -2.70. The van der Waals surface area contributed by atoms with E-state index in [1.165, 1.54) is 0 Å². The number of rotatable bonds is 4. The van der Waals surface area contributed by atoms with E-state index in [-0.39, 0.29) is 17.8 Å². The molecule has 7 nitrogen and oxygen atoms in total. The summed E-state index contributed by atoms with van der Waals surface area (Å²) in [6.07, 6.45) is 2.32. The Morgan fingerprint density at radius 2 is 2.05 bits per heavy atom. The number of pyridine rings is 1. The molecule has 0 saturated carbocycles. The van der Waals surface area contributed by atoms with E-state index in [2.05, 4.69) is 15.0 Å². The van der Waals surface area contributed by atoms with Crippen LogP contribution < -0.4 is 16.2 Å². The number of aryl methyl sites for hydroxylation is 1. The minimum absolute atomic E-state index is 0.217. The standard InChI is InChI=1S/C13H16N6O/c1-7(9-4-3-5-17-11(9)15)20-13-10(6-14)12(16)18-8(2)19-13/h3-7,14H,1-2H3,(H2,15,17)(H2,16,18,19). The summed E-state index contributed by atoms with van der Waals surface area (Å²) in [5.74, 6) is 1.36. The van der Waals surface area contributed by atoms with Crippen LogP contribution in [0.25, 0.3) is 0 Å². The number of ether oxygens (including phenoxy) is 1. The Kier molecular flexibility index (Phi) is 3.79. The van der Waals surface area contributed by atoms with Gasteiger partial charge in [0.2, 0.25) is 5.88 Å². The number of nitrogens with two attached hydrogens (primary N) is 2. The van der Waals surface area contributed by atoms with E-state index in [9.17, 15) is 0 Å². The van der Waals surface area contributed by atoms with Gasteiger partial charge in [-0.15, -0.1) is 0 Å². The maximum absolute atomic E-state index is 7.38. The number of nitrogens with one attached hydrogen (secondary N) is 1. The van der Waals surface area contributed by atoms with Crippen molar-refractivity contribution in [2.24, 2.45) is 0 Å². The largest absolute Gasteiger partial charge is 0.469 e. The summed E-state index contributed by atoms with van der Waals surface area (Å²) in [5, 5.41) is 7.38. The van der Waals surface area contributed by atoms with Gasteiger partial charge in [0.1, 0.15) is 23.6 Å². The Balaban J connectivity index is 2.35. The van der Waals surface area contributed by atoms with E-state index in [0.29, 0.717) is 17.2 Å². The highest BCUT2D eigenvalue weighted by atomic mass is 16.5. The zero-order chi connectivity index (χ0) is 14.7. The third-order valence-electron chi connectivity index (χ3n) is 2.79. The van der Waals surface area contributed by atoms with Crippen LogP contribution in [0.5, 0.6) is 5.88 Å². The molecular formula is C13H16N6O. The van der Waals surface area contributed by atoms with Gasteiger partial charge in [-0.25, -0.2) is 9.97 Å². The molecule has 20 heavy (non-hydrogen) atoms. The van der Waals surface area contributed by atoms with Crippen LogP contribution in [0.4, 0.5) is 11.6 Å². The molecular weight excluding hydrogens is 256 g/mol. The Morgan fingerprint density at radius 1 is 1.30 bits per heavy atom. The third kappa shape index (κ3) is 2.66. The fourth-order valence-electron chi connectivity index (χ4n) is 1.81. The Morgan fingerprint density at radius 3 is 2.70 bits per heavy atom. The van der Waals surface area contributed by atoms with E-state index < -0.39 is 0 Å². The van der Waals surface area contributed by atoms with E-state index in [1.54, 1.807) is 19.2 Å². The van der Waals surface area contributed by atoms with Gasteiger partial charge in [0, 0.05) is 18.0 Å². The first-order chi connectivity index (χ1) is 9.52. The van der Waals surface area contributed by atoms with E-state index >= 15 is 0 Å². The van der Waals surface area contributed by atoms with Gasteiger partial charge in [-0.3, -0.25) is 0 Å². The number of anilines is 2. The smallest absolute Gasteiger partial charge is 0.228 e. The maximum atomic E-state index is 7.38. The second-order valence-electron chi connectivity index (χ2n) is 4.26. The van der Waals surface area contributed by atoms with Crippen molar-refractivity contribution in [3.63, 3.8) is 0 Å². The zero-order valence-electron chi connectivity index (χ0n) is 11.3. The molecule has 0 spiro atoms. The highest BCUT2D eigenvalue weighted by Gasteiger charge is 2.16. The van der Waals surface area contributed by atoms with Crippen molar-refractivity contribution in [3.05, 3.63) is 35.3 Å². The number of hydrogen-bond donors (Lipinski definition) is 3. The molecule has 7 heteroatoms. The molecule has 0 radical (unpaired) electrons. The minimum atomic E-state index is -0.365. The molecule has 2 aromatic rings. The molecule has 2 rings (SSSR count). The van der Waals surface area contributed by atoms with Crippen LogP contribution in [0.2, 0.25) is 0 Å². The van der Waals surface area contributed by atoms with Gasteiger partial charge in [-0.2, -0.15) is 4.98 Å². The van der Waals surface area contributed by atoms with Crippen molar-refractivity contribution in [2.75, 3.05) is 11.5 Å². The number of nitrogens with zero attached hydrogens (tertiary/aromatic N) is 3. The zero-order valence-corrected chi connectivity index (χ0v) is 11.3.